The predicted molar refractivity (Wildman–Crippen MR) is 56.6 cm³/mol. The second kappa shape index (κ2) is 3.83. The van der Waals surface area contributed by atoms with Crippen molar-refractivity contribution in [3.63, 3.8) is 0 Å². The van der Waals surface area contributed by atoms with Gasteiger partial charge in [-0.2, -0.15) is 0 Å². The van der Waals surface area contributed by atoms with Crippen molar-refractivity contribution in [1.29, 1.82) is 0 Å². The average Bonchev–Trinajstić information content (AvgIpc) is 1.78. The summed E-state index contributed by atoms with van der Waals surface area (Å²) in [6.45, 7) is 8.86. The lowest BCUT2D eigenvalue weighted by Gasteiger charge is -2.27. The van der Waals surface area contributed by atoms with Crippen LogP contribution in [0.2, 0.25) is 0 Å². The van der Waals surface area contributed by atoms with Crippen LogP contribution >= 0.6 is 0 Å². The number of allylic oxidation sites excluding steroid dienone is 1. The van der Waals surface area contributed by atoms with E-state index in [1.165, 1.54) is 12.0 Å². The molecule has 1 aliphatic carbocycles. The average molecular weight is 182 g/mol. The molecule has 1 rings (SSSR count). The second-order valence-corrected chi connectivity index (χ2v) is 5.57. The standard InChI is InChI=1S/C12H22O/c1-9-5-10(7-11(13)6-9)8-12(2,3)4/h8-9,11,13H,5-7H2,1-4H3/b10-8+/t9-,11-/m0/s1. The van der Waals surface area contributed by atoms with Gasteiger partial charge in [0.25, 0.3) is 0 Å². The first-order valence-corrected chi connectivity index (χ1v) is 5.25. The molecule has 0 heterocycles. The van der Waals surface area contributed by atoms with E-state index >= 15 is 0 Å². The van der Waals surface area contributed by atoms with Gasteiger partial charge in [0.05, 0.1) is 6.10 Å². The highest BCUT2D eigenvalue weighted by molar-refractivity contribution is 5.11. The first kappa shape index (κ1) is 10.8. The van der Waals surface area contributed by atoms with Gasteiger partial charge in [-0.3, -0.25) is 0 Å². The fraction of sp³-hybridized carbons (Fsp3) is 0.833. The zero-order chi connectivity index (χ0) is 10.1. The fourth-order valence-electron chi connectivity index (χ4n) is 2.19. The maximum absolute atomic E-state index is 9.61. The van der Waals surface area contributed by atoms with Crippen LogP contribution in [0.15, 0.2) is 11.6 Å². The van der Waals surface area contributed by atoms with E-state index in [-0.39, 0.29) is 11.5 Å². The Kier molecular flexibility index (Phi) is 3.18. The van der Waals surface area contributed by atoms with E-state index in [0.717, 1.165) is 12.8 Å². The van der Waals surface area contributed by atoms with Gasteiger partial charge in [0.1, 0.15) is 0 Å². The summed E-state index contributed by atoms with van der Waals surface area (Å²) in [7, 11) is 0. The molecule has 76 valence electrons. The zero-order valence-corrected chi connectivity index (χ0v) is 9.30. The van der Waals surface area contributed by atoms with Gasteiger partial charge in [-0.15, -0.1) is 0 Å². The molecule has 1 nitrogen and oxygen atoms in total. The van der Waals surface area contributed by atoms with Crippen molar-refractivity contribution < 1.29 is 5.11 Å². The number of hydrogen-bond donors (Lipinski definition) is 1. The molecule has 2 atom stereocenters. The summed E-state index contributed by atoms with van der Waals surface area (Å²) in [4.78, 5) is 0. The summed E-state index contributed by atoms with van der Waals surface area (Å²) in [5.41, 5.74) is 1.70. The number of aliphatic hydroxyl groups excluding tert-OH is 1. The molecule has 0 aromatic rings. The van der Waals surface area contributed by atoms with E-state index in [4.69, 9.17) is 0 Å². The molecule has 0 aromatic heterocycles. The Bertz CT molecular complexity index is 186. The van der Waals surface area contributed by atoms with Gasteiger partial charge in [-0.1, -0.05) is 39.3 Å². The number of hydrogen-bond acceptors (Lipinski definition) is 1. The molecule has 0 saturated heterocycles. The topological polar surface area (TPSA) is 20.2 Å². The molecule has 1 heteroatoms. The molecule has 0 bridgehead atoms. The van der Waals surface area contributed by atoms with E-state index in [9.17, 15) is 5.11 Å². The molecule has 1 aliphatic rings. The third-order valence-corrected chi connectivity index (χ3v) is 2.42. The van der Waals surface area contributed by atoms with Crippen LogP contribution in [0.1, 0.15) is 47.0 Å². The lowest BCUT2D eigenvalue weighted by Crippen LogP contribution is -2.20. The fourth-order valence-corrected chi connectivity index (χ4v) is 2.19. The SMILES string of the molecule is C[C@H]1C/C(=C\C(C)(C)C)C[C@@H](O)C1. The largest absolute Gasteiger partial charge is 0.393 e. The smallest absolute Gasteiger partial charge is 0.0580 e. The van der Waals surface area contributed by atoms with Crippen molar-refractivity contribution in [2.75, 3.05) is 0 Å². The molecule has 0 unspecified atom stereocenters. The van der Waals surface area contributed by atoms with E-state index in [2.05, 4.69) is 33.8 Å². The Balaban J connectivity index is 2.65. The van der Waals surface area contributed by atoms with Crippen LogP contribution in [0, 0.1) is 11.3 Å². The van der Waals surface area contributed by atoms with Crippen molar-refractivity contribution in [2.24, 2.45) is 11.3 Å². The van der Waals surface area contributed by atoms with E-state index in [0.29, 0.717) is 5.92 Å². The summed E-state index contributed by atoms with van der Waals surface area (Å²) < 4.78 is 0. The second-order valence-electron chi connectivity index (χ2n) is 5.57. The minimum atomic E-state index is -0.0997. The minimum Gasteiger partial charge on any atom is -0.393 e. The predicted octanol–water partition coefficient (Wildman–Crippen LogP) is 3.14. The quantitative estimate of drug-likeness (QED) is 0.571. The third-order valence-electron chi connectivity index (χ3n) is 2.42. The monoisotopic (exact) mass is 182 g/mol. The van der Waals surface area contributed by atoms with Gasteiger partial charge in [-0.25, -0.2) is 0 Å². The van der Waals surface area contributed by atoms with Crippen molar-refractivity contribution in [2.45, 2.75) is 53.1 Å². The highest BCUT2D eigenvalue weighted by Crippen LogP contribution is 2.31. The highest BCUT2D eigenvalue weighted by Gasteiger charge is 2.21. The Morgan fingerprint density at radius 1 is 1.31 bits per heavy atom. The summed E-state index contributed by atoms with van der Waals surface area (Å²) >= 11 is 0. The van der Waals surface area contributed by atoms with Gasteiger partial charge >= 0.3 is 0 Å². The van der Waals surface area contributed by atoms with Crippen molar-refractivity contribution in [1.82, 2.24) is 0 Å². The lowest BCUT2D eigenvalue weighted by atomic mass is 9.81. The lowest BCUT2D eigenvalue weighted by molar-refractivity contribution is 0.127. The van der Waals surface area contributed by atoms with Crippen LogP contribution in [0.3, 0.4) is 0 Å². The highest BCUT2D eigenvalue weighted by atomic mass is 16.3. The van der Waals surface area contributed by atoms with Gasteiger partial charge in [0.2, 0.25) is 0 Å². The van der Waals surface area contributed by atoms with Crippen molar-refractivity contribution in [3.05, 3.63) is 11.6 Å². The summed E-state index contributed by atoms with van der Waals surface area (Å²) in [5, 5.41) is 9.61. The first-order valence-electron chi connectivity index (χ1n) is 5.25. The summed E-state index contributed by atoms with van der Waals surface area (Å²) in [5.74, 6) is 0.650. The zero-order valence-electron chi connectivity index (χ0n) is 9.30. The molecule has 1 saturated carbocycles. The van der Waals surface area contributed by atoms with Crippen LogP contribution in [-0.4, -0.2) is 11.2 Å². The molecule has 0 amide bonds. The van der Waals surface area contributed by atoms with E-state index < -0.39 is 0 Å². The molecule has 13 heavy (non-hydrogen) atoms. The maximum Gasteiger partial charge on any atom is 0.0580 e. The Morgan fingerprint density at radius 2 is 1.92 bits per heavy atom. The molecule has 0 radical (unpaired) electrons. The molecule has 1 N–H and O–H groups in total. The van der Waals surface area contributed by atoms with Gasteiger partial charge in [-0.05, 0) is 30.6 Å². The van der Waals surface area contributed by atoms with Crippen LogP contribution in [0.4, 0.5) is 0 Å². The van der Waals surface area contributed by atoms with Crippen LogP contribution < -0.4 is 0 Å². The van der Waals surface area contributed by atoms with Crippen LogP contribution in [0.5, 0.6) is 0 Å². The van der Waals surface area contributed by atoms with Crippen molar-refractivity contribution >= 4 is 0 Å². The molecule has 0 spiro atoms. The number of aliphatic hydroxyl groups is 1. The van der Waals surface area contributed by atoms with E-state index in [1.54, 1.807) is 0 Å². The van der Waals surface area contributed by atoms with Crippen LogP contribution in [0.25, 0.3) is 0 Å². The van der Waals surface area contributed by atoms with Gasteiger partial charge < -0.3 is 5.11 Å². The van der Waals surface area contributed by atoms with Gasteiger partial charge in [0.15, 0.2) is 0 Å². The Morgan fingerprint density at radius 3 is 2.38 bits per heavy atom. The molecule has 0 aromatic carbocycles. The number of rotatable bonds is 0. The third kappa shape index (κ3) is 3.95. The van der Waals surface area contributed by atoms with Crippen molar-refractivity contribution in [3.8, 4) is 0 Å². The maximum atomic E-state index is 9.61. The van der Waals surface area contributed by atoms with E-state index in [1.807, 2.05) is 0 Å². The Hall–Kier alpha value is -0.300. The Labute approximate surface area is 81.9 Å². The molecular weight excluding hydrogens is 160 g/mol. The van der Waals surface area contributed by atoms with Gasteiger partial charge in [0, 0.05) is 0 Å². The minimum absolute atomic E-state index is 0.0997. The van der Waals surface area contributed by atoms with Crippen LogP contribution in [-0.2, 0) is 0 Å². The molecule has 0 aliphatic heterocycles. The first-order chi connectivity index (χ1) is 5.87. The summed E-state index contributed by atoms with van der Waals surface area (Å²) in [6, 6.07) is 0. The molecular formula is C12H22O. The molecule has 1 fully saturated rings. The normalized spacial score (nSPS) is 33.8. The summed E-state index contributed by atoms with van der Waals surface area (Å²) in [6.07, 6.45) is 5.26.